The van der Waals surface area contributed by atoms with Crippen molar-refractivity contribution in [2.75, 3.05) is 7.11 Å². The molecule has 1 heteroatoms. The second kappa shape index (κ2) is 7.98. The minimum atomic E-state index is 0.872. The fourth-order valence-electron chi connectivity index (χ4n) is 2.57. The number of methoxy groups -OCH3 is 1. The van der Waals surface area contributed by atoms with Crippen LogP contribution in [0.3, 0.4) is 0 Å². The van der Waals surface area contributed by atoms with Crippen molar-refractivity contribution in [3.05, 3.63) is 114 Å². The number of hydrogen-bond acceptors (Lipinski definition) is 1. The molecule has 1 nitrogen and oxygen atoms in total. The summed E-state index contributed by atoms with van der Waals surface area (Å²) in [5.41, 5.74) is 4.78. The molecule has 3 aromatic rings. The summed E-state index contributed by atoms with van der Waals surface area (Å²) in [6.45, 7) is 0. The number of ether oxygens (including phenoxy) is 1. The van der Waals surface area contributed by atoms with Crippen LogP contribution in [-0.2, 0) is 0 Å². The Bertz CT molecular complexity index is 771. The van der Waals surface area contributed by atoms with E-state index in [4.69, 9.17) is 4.74 Å². The van der Waals surface area contributed by atoms with Crippen molar-refractivity contribution < 1.29 is 4.74 Å². The van der Waals surface area contributed by atoms with E-state index in [2.05, 4.69) is 66.8 Å². The lowest BCUT2D eigenvalue weighted by Gasteiger charge is -2.07. The normalized spacial score (nSPS) is 10.5. The molecule has 0 atom stereocenters. The van der Waals surface area contributed by atoms with Gasteiger partial charge in [0.1, 0.15) is 5.75 Å². The molecular formula is C23H20O. The van der Waals surface area contributed by atoms with Crippen LogP contribution in [-0.4, -0.2) is 7.11 Å². The van der Waals surface area contributed by atoms with Gasteiger partial charge in [-0.3, -0.25) is 0 Å². The largest absolute Gasteiger partial charge is 0.497 e. The predicted molar refractivity (Wildman–Crippen MR) is 102 cm³/mol. The second-order valence-corrected chi connectivity index (χ2v) is 5.44. The van der Waals surface area contributed by atoms with Gasteiger partial charge in [-0.05, 0) is 34.4 Å². The van der Waals surface area contributed by atoms with Gasteiger partial charge in [-0.15, -0.1) is 0 Å². The molecule has 0 spiro atoms. The molecule has 0 aliphatic rings. The third-order valence-electron chi connectivity index (χ3n) is 3.84. The number of rotatable bonds is 5. The molecule has 0 fully saturated rings. The van der Waals surface area contributed by atoms with E-state index in [9.17, 15) is 0 Å². The molecule has 118 valence electrons. The first-order chi connectivity index (χ1) is 11.9. The lowest BCUT2D eigenvalue weighted by atomic mass is 9.97. The van der Waals surface area contributed by atoms with Crippen LogP contribution in [0.15, 0.2) is 97.1 Å². The Morgan fingerprint density at radius 1 is 0.708 bits per heavy atom. The van der Waals surface area contributed by atoms with E-state index in [0.29, 0.717) is 0 Å². The monoisotopic (exact) mass is 312 g/mol. The summed E-state index contributed by atoms with van der Waals surface area (Å²) in [6, 6.07) is 29.0. The lowest BCUT2D eigenvalue weighted by Crippen LogP contribution is -1.86. The lowest BCUT2D eigenvalue weighted by molar-refractivity contribution is 0.415. The van der Waals surface area contributed by atoms with E-state index in [0.717, 1.165) is 11.3 Å². The summed E-state index contributed by atoms with van der Waals surface area (Å²) >= 11 is 0. The zero-order valence-electron chi connectivity index (χ0n) is 13.7. The molecule has 0 unspecified atom stereocenters. The summed E-state index contributed by atoms with van der Waals surface area (Å²) < 4.78 is 5.19. The van der Waals surface area contributed by atoms with Gasteiger partial charge in [0.15, 0.2) is 0 Å². The second-order valence-electron chi connectivity index (χ2n) is 5.44. The van der Waals surface area contributed by atoms with Crippen molar-refractivity contribution in [3.63, 3.8) is 0 Å². The number of benzene rings is 3. The highest BCUT2D eigenvalue weighted by atomic mass is 16.5. The number of allylic oxidation sites excluding steroid dienone is 2. The molecule has 0 N–H and O–H groups in total. The van der Waals surface area contributed by atoms with Crippen LogP contribution in [0, 0.1) is 0 Å². The molecule has 0 heterocycles. The molecule has 0 amide bonds. The first-order valence-electron chi connectivity index (χ1n) is 8.00. The minimum Gasteiger partial charge on any atom is -0.497 e. The van der Waals surface area contributed by atoms with Gasteiger partial charge in [0, 0.05) is 0 Å². The topological polar surface area (TPSA) is 9.23 Å². The van der Waals surface area contributed by atoms with Gasteiger partial charge < -0.3 is 4.74 Å². The van der Waals surface area contributed by atoms with Gasteiger partial charge in [-0.2, -0.15) is 0 Å². The van der Waals surface area contributed by atoms with Crippen LogP contribution >= 0.6 is 0 Å². The van der Waals surface area contributed by atoms with E-state index in [1.54, 1.807) is 7.11 Å². The average Bonchev–Trinajstić information content (AvgIpc) is 2.67. The molecule has 0 saturated heterocycles. The maximum atomic E-state index is 5.19. The SMILES string of the molecule is COc1ccc(C=CC=C(c2ccccc2)c2ccccc2)cc1. The van der Waals surface area contributed by atoms with E-state index >= 15 is 0 Å². The summed E-state index contributed by atoms with van der Waals surface area (Å²) in [7, 11) is 1.68. The summed E-state index contributed by atoms with van der Waals surface area (Å²) in [6.07, 6.45) is 6.36. The first-order valence-corrected chi connectivity index (χ1v) is 8.00. The Labute approximate surface area is 143 Å². The quantitative estimate of drug-likeness (QED) is 0.538. The molecule has 0 radical (unpaired) electrons. The Kier molecular flexibility index (Phi) is 5.26. The van der Waals surface area contributed by atoms with Crippen LogP contribution in [0.1, 0.15) is 16.7 Å². The van der Waals surface area contributed by atoms with Gasteiger partial charge in [0.25, 0.3) is 0 Å². The van der Waals surface area contributed by atoms with Crippen LogP contribution < -0.4 is 4.74 Å². The molecule has 0 aliphatic carbocycles. The maximum absolute atomic E-state index is 5.19. The third-order valence-corrected chi connectivity index (χ3v) is 3.84. The Balaban J connectivity index is 1.90. The van der Waals surface area contributed by atoms with Gasteiger partial charge in [0.2, 0.25) is 0 Å². The van der Waals surface area contributed by atoms with Crippen molar-refractivity contribution in [3.8, 4) is 5.75 Å². The van der Waals surface area contributed by atoms with Gasteiger partial charge in [-0.25, -0.2) is 0 Å². The maximum Gasteiger partial charge on any atom is 0.118 e. The minimum absolute atomic E-state index is 0.872. The van der Waals surface area contributed by atoms with E-state index in [-0.39, 0.29) is 0 Å². The third kappa shape index (κ3) is 4.02. The van der Waals surface area contributed by atoms with Crippen LogP contribution in [0.4, 0.5) is 0 Å². The zero-order valence-corrected chi connectivity index (χ0v) is 13.7. The van der Waals surface area contributed by atoms with E-state index in [1.807, 2.05) is 36.4 Å². The molecular weight excluding hydrogens is 292 g/mol. The van der Waals surface area contributed by atoms with E-state index < -0.39 is 0 Å². The van der Waals surface area contributed by atoms with Crippen LogP contribution in [0.25, 0.3) is 11.6 Å². The molecule has 3 rings (SSSR count). The summed E-state index contributed by atoms with van der Waals surface area (Å²) in [5.74, 6) is 0.872. The van der Waals surface area contributed by atoms with Gasteiger partial charge in [-0.1, -0.05) is 91.0 Å². The highest BCUT2D eigenvalue weighted by Gasteiger charge is 2.02. The smallest absolute Gasteiger partial charge is 0.118 e. The summed E-state index contributed by atoms with van der Waals surface area (Å²) in [4.78, 5) is 0. The molecule has 0 aromatic heterocycles. The molecule has 24 heavy (non-hydrogen) atoms. The summed E-state index contributed by atoms with van der Waals surface area (Å²) in [5, 5.41) is 0. The fourth-order valence-corrected chi connectivity index (χ4v) is 2.57. The van der Waals surface area contributed by atoms with Crippen molar-refractivity contribution in [2.45, 2.75) is 0 Å². The highest BCUT2D eigenvalue weighted by molar-refractivity contribution is 5.81. The standard InChI is InChI=1S/C23H20O/c1-24-22-17-15-19(16-18-22)9-8-14-23(20-10-4-2-5-11-20)21-12-6-3-7-13-21/h2-18H,1H3. The van der Waals surface area contributed by atoms with Crippen LogP contribution in [0.2, 0.25) is 0 Å². The Morgan fingerprint density at radius 2 is 1.25 bits per heavy atom. The number of hydrogen-bond donors (Lipinski definition) is 0. The molecule has 0 aliphatic heterocycles. The van der Waals surface area contributed by atoms with Gasteiger partial charge in [0.05, 0.1) is 7.11 Å². The molecule has 0 bridgehead atoms. The fraction of sp³-hybridized carbons (Fsp3) is 0.0435. The zero-order chi connectivity index (χ0) is 16.6. The van der Waals surface area contributed by atoms with Crippen molar-refractivity contribution >= 4 is 11.6 Å². The van der Waals surface area contributed by atoms with E-state index in [1.165, 1.54) is 16.7 Å². The van der Waals surface area contributed by atoms with Crippen LogP contribution in [0.5, 0.6) is 5.75 Å². The van der Waals surface area contributed by atoms with Crippen molar-refractivity contribution in [2.24, 2.45) is 0 Å². The van der Waals surface area contributed by atoms with Crippen molar-refractivity contribution in [1.82, 2.24) is 0 Å². The Hall–Kier alpha value is -3.06. The average molecular weight is 312 g/mol. The molecule has 3 aromatic carbocycles. The first kappa shape index (κ1) is 15.8. The molecule has 0 saturated carbocycles. The predicted octanol–water partition coefficient (Wildman–Crippen LogP) is 5.84. The van der Waals surface area contributed by atoms with Crippen molar-refractivity contribution in [1.29, 1.82) is 0 Å². The Morgan fingerprint density at radius 3 is 1.75 bits per heavy atom. The van der Waals surface area contributed by atoms with Gasteiger partial charge >= 0.3 is 0 Å². The highest BCUT2D eigenvalue weighted by Crippen LogP contribution is 2.23.